The number of hydrogen-bond donors (Lipinski definition) is 2. The predicted molar refractivity (Wildman–Crippen MR) is 80.1 cm³/mol. The molecule has 1 aliphatic heterocycles. The molecule has 1 heterocycles. The first-order valence-electron chi connectivity index (χ1n) is 7.36. The number of nitrogens with one attached hydrogen (secondary N) is 1. The van der Waals surface area contributed by atoms with Crippen molar-refractivity contribution in [2.75, 3.05) is 19.6 Å². The van der Waals surface area contributed by atoms with Gasteiger partial charge in [0.1, 0.15) is 6.04 Å². The summed E-state index contributed by atoms with van der Waals surface area (Å²) in [5, 5.41) is 11.9. The summed E-state index contributed by atoms with van der Waals surface area (Å²) in [7, 11) is 0. The molecule has 0 aliphatic carbocycles. The summed E-state index contributed by atoms with van der Waals surface area (Å²) in [6.07, 6.45) is 2.26. The van der Waals surface area contributed by atoms with Gasteiger partial charge in [0, 0.05) is 6.54 Å². The molecule has 114 valence electrons. The minimum atomic E-state index is -0.833. The molecule has 1 amide bonds. The van der Waals surface area contributed by atoms with E-state index in [0.29, 0.717) is 19.5 Å². The van der Waals surface area contributed by atoms with Crippen LogP contribution in [0.2, 0.25) is 0 Å². The molecule has 2 N–H and O–H groups in total. The first kappa shape index (κ1) is 15.5. The molecule has 1 atom stereocenters. The Morgan fingerprint density at radius 1 is 1.38 bits per heavy atom. The summed E-state index contributed by atoms with van der Waals surface area (Å²) in [6.45, 7) is 3.49. The van der Waals surface area contributed by atoms with E-state index in [9.17, 15) is 9.59 Å². The summed E-state index contributed by atoms with van der Waals surface area (Å²) in [5.74, 6) is -0.933. The van der Waals surface area contributed by atoms with Gasteiger partial charge in [-0.3, -0.25) is 14.5 Å². The van der Waals surface area contributed by atoms with E-state index < -0.39 is 12.0 Å². The highest BCUT2D eigenvalue weighted by Crippen LogP contribution is 2.16. The molecular formula is C16H22N2O3. The van der Waals surface area contributed by atoms with Gasteiger partial charge in [-0.25, -0.2) is 0 Å². The molecule has 1 unspecified atom stereocenters. The van der Waals surface area contributed by atoms with E-state index in [1.54, 1.807) is 4.90 Å². The standard InChI is InChI=1S/C16H22N2O3/c1-12-5-2-3-6-13(12)8-9-17-15(19)11-18-10-4-7-14(18)16(20)21/h2-3,5-6,14H,4,7-11H2,1H3,(H,17,19)(H,20,21). The van der Waals surface area contributed by atoms with Crippen LogP contribution >= 0.6 is 0 Å². The molecule has 21 heavy (non-hydrogen) atoms. The van der Waals surface area contributed by atoms with E-state index in [1.165, 1.54) is 11.1 Å². The first-order valence-corrected chi connectivity index (χ1v) is 7.36. The van der Waals surface area contributed by atoms with Crippen molar-refractivity contribution in [3.63, 3.8) is 0 Å². The number of carbonyl (C=O) groups excluding carboxylic acids is 1. The van der Waals surface area contributed by atoms with Gasteiger partial charge in [-0.05, 0) is 43.9 Å². The molecular weight excluding hydrogens is 268 g/mol. The number of aliphatic carboxylic acids is 1. The van der Waals surface area contributed by atoms with Crippen molar-refractivity contribution in [3.8, 4) is 0 Å². The van der Waals surface area contributed by atoms with Crippen LogP contribution in [0, 0.1) is 6.92 Å². The van der Waals surface area contributed by atoms with Crippen molar-refractivity contribution in [2.45, 2.75) is 32.2 Å². The van der Waals surface area contributed by atoms with Gasteiger partial charge in [0.05, 0.1) is 6.54 Å². The number of carbonyl (C=O) groups is 2. The van der Waals surface area contributed by atoms with Crippen LogP contribution in [0.5, 0.6) is 0 Å². The number of benzene rings is 1. The Morgan fingerprint density at radius 3 is 2.86 bits per heavy atom. The monoisotopic (exact) mass is 290 g/mol. The maximum Gasteiger partial charge on any atom is 0.320 e. The largest absolute Gasteiger partial charge is 0.480 e. The zero-order chi connectivity index (χ0) is 15.2. The molecule has 0 bridgehead atoms. The lowest BCUT2D eigenvalue weighted by atomic mass is 10.1. The number of amides is 1. The van der Waals surface area contributed by atoms with Gasteiger partial charge >= 0.3 is 5.97 Å². The fourth-order valence-electron chi connectivity index (χ4n) is 2.76. The molecule has 1 aromatic carbocycles. The Balaban J connectivity index is 1.75. The highest BCUT2D eigenvalue weighted by molar-refractivity contribution is 5.80. The summed E-state index contributed by atoms with van der Waals surface area (Å²) in [6, 6.07) is 7.59. The minimum absolute atomic E-state index is 0.100. The van der Waals surface area contributed by atoms with E-state index in [4.69, 9.17) is 5.11 Å². The summed E-state index contributed by atoms with van der Waals surface area (Å²) < 4.78 is 0. The van der Waals surface area contributed by atoms with Crippen LogP contribution in [-0.2, 0) is 16.0 Å². The van der Waals surface area contributed by atoms with E-state index >= 15 is 0 Å². The first-order chi connectivity index (χ1) is 10.1. The van der Waals surface area contributed by atoms with Crippen molar-refractivity contribution >= 4 is 11.9 Å². The Kier molecular flexibility index (Phi) is 5.33. The number of likely N-dealkylation sites (tertiary alicyclic amines) is 1. The van der Waals surface area contributed by atoms with Crippen LogP contribution in [0.3, 0.4) is 0 Å². The van der Waals surface area contributed by atoms with Gasteiger partial charge in [0.25, 0.3) is 0 Å². The Hall–Kier alpha value is -1.88. The quantitative estimate of drug-likeness (QED) is 0.826. The number of carboxylic acids is 1. The maximum absolute atomic E-state index is 11.9. The van der Waals surface area contributed by atoms with Gasteiger partial charge in [-0.15, -0.1) is 0 Å². The topological polar surface area (TPSA) is 69.6 Å². The number of aryl methyl sites for hydroxylation is 1. The van der Waals surface area contributed by atoms with Crippen molar-refractivity contribution in [3.05, 3.63) is 35.4 Å². The van der Waals surface area contributed by atoms with Crippen LogP contribution < -0.4 is 5.32 Å². The molecule has 1 saturated heterocycles. The second kappa shape index (κ2) is 7.22. The lowest BCUT2D eigenvalue weighted by Gasteiger charge is -2.20. The predicted octanol–water partition coefficient (Wildman–Crippen LogP) is 1.20. The zero-order valence-electron chi connectivity index (χ0n) is 12.3. The SMILES string of the molecule is Cc1ccccc1CCNC(=O)CN1CCCC1C(=O)O. The van der Waals surface area contributed by atoms with E-state index in [1.807, 2.05) is 12.1 Å². The second-order valence-corrected chi connectivity index (χ2v) is 5.49. The average Bonchev–Trinajstić information content (AvgIpc) is 2.89. The molecule has 1 aliphatic rings. The highest BCUT2D eigenvalue weighted by Gasteiger charge is 2.31. The number of carboxylic acid groups (broad SMARTS) is 1. The summed E-state index contributed by atoms with van der Waals surface area (Å²) in [4.78, 5) is 24.7. The van der Waals surface area contributed by atoms with Gasteiger partial charge in [-0.2, -0.15) is 0 Å². The Bertz CT molecular complexity index is 516. The fraction of sp³-hybridized carbons (Fsp3) is 0.500. The van der Waals surface area contributed by atoms with Gasteiger partial charge in [0.15, 0.2) is 0 Å². The number of hydrogen-bond acceptors (Lipinski definition) is 3. The third-order valence-electron chi connectivity index (χ3n) is 3.97. The number of rotatable bonds is 6. The molecule has 5 nitrogen and oxygen atoms in total. The molecule has 0 spiro atoms. The molecule has 2 rings (SSSR count). The van der Waals surface area contributed by atoms with Crippen molar-refractivity contribution in [1.29, 1.82) is 0 Å². The van der Waals surface area contributed by atoms with E-state index in [-0.39, 0.29) is 12.5 Å². The van der Waals surface area contributed by atoms with E-state index in [0.717, 1.165) is 12.8 Å². The Labute approximate surface area is 125 Å². The third-order valence-corrected chi connectivity index (χ3v) is 3.97. The maximum atomic E-state index is 11.9. The van der Waals surface area contributed by atoms with Crippen LogP contribution in [0.15, 0.2) is 24.3 Å². The molecule has 0 radical (unpaired) electrons. The van der Waals surface area contributed by atoms with Crippen molar-refractivity contribution < 1.29 is 14.7 Å². The van der Waals surface area contributed by atoms with E-state index in [2.05, 4.69) is 24.4 Å². The van der Waals surface area contributed by atoms with Gasteiger partial charge in [0.2, 0.25) is 5.91 Å². The molecule has 0 saturated carbocycles. The lowest BCUT2D eigenvalue weighted by Crippen LogP contribution is -2.43. The molecule has 5 heteroatoms. The van der Waals surface area contributed by atoms with Crippen LogP contribution in [0.1, 0.15) is 24.0 Å². The molecule has 1 aromatic rings. The Morgan fingerprint density at radius 2 is 2.14 bits per heavy atom. The lowest BCUT2D eigenvalue weighted by molar-refractivity contribution is -0.142. The molecule has 1 fully saturated rings. The zero-order valence-corrected chi connectivity index (χ0v) is 12.3. The van der Waals surface area contributed by atoms with Crippen LogP contribution in [0.25, 0.3) is 0 Å². The normalized spacial score (nSPS) is 18.6. The molecule has 0 aromatic heterocycles. The fourth-order valence-corrected chi connectivity index (χ4v) is 2.76. The second-order valence-electron chi connectivity index (χ2n) is 5.49. The van der Waals surface area contributed by atoms with Crippen molar-refractivity contribution in [2.24, 2.45) is 0 Å². The highest BCUT2D eigenvalue weighted by atomic mass is 16.4. The van der Waals surface area contributed by atoms with Gasteiger partial charge < -0.3 is 10.4 Å². The van der Waals surface area contributed by atoms with Crippen LogP contribution in [0.4, 0.5) is 0 Å². The average molecular weight is 290 g/mol. The smallest absolute Gasteiger partial charge is 0.320 e. The minimum Gasteiger partial charge on any atom is -0.480 e. The van der Waals surface area contributed by atoms with Crippen molar-refractivity contribution in [1.82, 2.24) is 10.2 Å². The third kappa shape index (κ3) is 4.29. The summed E-state index contributed by atoms with van der Waals surface area (Å²) >= 11 is 0. The number of nitrogens with zero attached hydrogens (tertiary/aromatic N) is 1. The van der Waals surface area contributed by atoms with Crippen LogP contribution in [-0.4, -0.2) is 47.6 Å². The summed E-state index contributed by atoms with van der Waals surface area (Å²) in [5.41, 5.74) is 2.44. The van der Waals surface area contributed by atoms with Gasteiger partial charge in [-0.1, -0.05) is 24.3 Å².